The predicted molar refractivity (Wildman–Crippen MR) is 90.6 cm³/mol. The summed E-state index contributed by atoms with van der Waals surface area (Å²) >= 11 is 1.30. The van der Waals surface area contributed by atoms with E-state index in [1.165, 1.54) is 31.0 Å². The summed E-state index contributed by atoms with van der Waals surface area (Å²) in [6.07, 6.45) is 6.04. The second-order valence-electron chi connectivity index (χ2n) is 6.70. The highest BCUT2D eigenvalue weighted by Gasteiger charge is 2.39. The Bertz CT molecular complexity index is 434. The number of amides is 2. The first-order chi connectivity index (χ1) is 11.2. The normalized spacial score (nSPS) is 25.6. The highest BCUT2D eigenvalue weighted by Crippen LogP contribution is 2.33. The van der Waals surface area contributed by atoms with E-state index in [9.17, 15) is 9.59 Å². The lowest BCUT2D eigenvalue weighted by atomic mass is 9.79. The van der Waals surface area contributed by atoms with Crippen molar-refractivity contribution in [2.75, 3.05) is 51.7 Å². The second-order valence-corrected chi connectivity index (χ2v) is 7.74. The highest BCUT2D eigenvalue weighted by atomic mass is 32.2. The summed E-state index contributed by atoms with van der Waals surface area (Å²) in [7, 11) is 0. The van der Waals surface area contributed by atoms with E-state index in [2.05, 4.69) is 10.2 Å². The molecule has 130 valence electrons. The summed E-state index contributed by atoms with van der Waals surface area (Å²) in [5.41, 5.74) is 0.0848. The molecule has 0 aromatic carbocycles. The monoisotopic (exact) mass is 341 g/mol. The van der Waals surface area contributed by atoms with Crippen LogP contribution in [0.1, 0.15) is 32.1 Å². The van der Waals surface area contributed by atoms with E-state index in [-0.39, 0.29) is 23.2 Å². The number of carbonyl (C=O) groups is 2. The number of rotatable bonds is 5. The van der Waals surface area contributed by atoms with Crippen LogP contribution >= 0.6 is 11.8 Å². The summed E-state index contributed by atoms with van der Waals surface area (Å²) in [4.78, 5) is 28.0. The molecule has 0 radical (unpaired) electrons. The van der Waals surface area contributed by atoms with Gasteiger partial charge in [-0.2, -0.15) is 0 Å². The van der Waals surface area contributed by atoms with Gasteiger partial charge in [0.05, 0.1) is 13.2 Å². The van der Waals surface area contributed by atoms with Crippen molar-refractivity contribution in [3.63, 3.8) is 0 Å². The highest BCUT2D eigenvalue weighted by molar-refractivity contribution is 8.13. The van der Waals surface area contributed by atoms with Gasteiger partial charge in [-0.1, -0.05) is 31.0 Å². The van der Waals surface area contributed by atoms with Gasteiger partial charge in [-0.3, -0.25) is 14.5 Å². The Labute approximate surface area is 142 Å². The van der Waals surface area contributed by atoms with E-state index in [0.29, 0.717) is 13.1 Å². The zero-order valence-electron chi connectivity index (χ0n) is 13.7. The predicted octanol–water partition coefficient (Wildman–Crippen LogP) is 1.31. The number of hydrogen-bond acceptors (Lipinski definition) is 5. The summed E-state index contributed by atoms with van der Waals surface area (Å²) in [5, 5.41) is 3.14. The molecule has 0 spiro atoms. The SMILES string of the molecule is O=C(CN1CCSC1=O)NCC1(N2CCOCC2)CCCCC1. The fraction of sp³-hybridized carbons (Fsp3) is 0.875. The van der Waals surface area contributed by atoms with E-state index < -0.39 is 0 Å². The van der Waals surface area contributed by atoms with Crippen LogP contribution in [0.4, 0.5) is 4.79 Å². The molecule has 3 rings (SSSR count). The zero-order valence-corrected chi connectivity index (χ0v) is 14.5. The maximum Gasteiger partial charge on any atom is 0.282 e. The van der Waals surface area contributed by atoms with Gasteiger partial charge in [0.15, 0.2) is 0 Å². The number of nitrogens with one attached hydrogen (secondary N) is 1. The summed E-state index contributed by atoms with van der Waals surface area (Å²) in [6, 6.07) is 0. The number of hydrogen-bond donors (Lipinski definition) is 1. The van der Waals surface area contributed by atoms with Crippen LogP contribution in [0, 0.1) is 0 Å². The zero-order chi connectivity index (χ0) is 16.1. The van der Waals surface area contributed by atoms with Crippen molar-refractivity contribution in [2.45, 2.75) is 37.6 Å². The number of nitrogens with zero attached hydrogens (tertiary/aromatic N) is 2. The Hall–Kier alpha value is -0.790. The van der Waals surface area contributed by atoms with Gasteiger partial charge in [-0.25, -0.2) is 0 Å². The molecule has 0 aromatic rings. The maximum absolute atomic E-state index is 12.3. The second kappa shape index (κ2) is 7.85. The van der Waals surface area contributed by atoms with Crippen molar-refractivity contribution >= 4 is 22.9 Å². The molecule has 0 unspecified atom stereocenters. The van der Waals surface area contributed by atoms with Crippen LogP contribution in [0.5, 0.6) is 0 Å². The van der Waals surface area contributed by atoms with Gasteiger partial charge in [0, 0.05) is 37.5 Å². The molecule has 0 atom stereocenters. The average Bonchev–Trinajstić information content (AvgIpc) is 2.99. The lowest BCUT2D eigenvalue weighted by molar-refractivity contribution is -0.122. The van der Waals surface area contributed by atoms with Crippen LogP contribution in [0.15, 0.2) is 0 Å². The van der Waals surface area contributed by atoms with Crippen molar-refractivity contribution < 1.29 is 14.3 Å². The Kier molecular flexibility index (Phi) is 5.82. The van der Waals surface area contributed by atoms with E-state index in [4.69, 9.17) is 4.74 Å². The van der Waals surface area contributed by atoms with E-state index >= 15 is 0 Å². The minimum Gasteiger partial charge on any atom is -0.379 e. The third kappa shape index (κ3) is 4.19. The first-order valence-electron chi connectivity index (χ1n) is 8.71. The molecule has 1 N–H and O–H groups in total. The van der Waals surface area contributed by atoms with Crippen molar-refractivity contribution in [3.8, 4) is 0 Å². The fourth-order valence-electron chi connectivity index (χ4n) is 3.91. The van der Waals surface area contributed by atoms with Crippen LogP contribution in [-0.4, -0.2) is 78.2 Å². The van der Waals surface area contributed by atoms with E-state index in [1.54, 1.807) is 4.90 Å². The lowest BCUT2D eigenvalue weighted by Gasteiger charge is -2.48. The van der Waals surface area contributed by atoms with Gasteiger partial charge in [0.2, 0.25) is 5.91 Å². The average molecular weight is 341 g/mol. The molecule has 23 heavy (non-hydrogen) atoms. The van der Waals surface area contributed by atoms with Crippen molar-refractivity contribution in [1.29, 1.82) is 0 Å². The third-order valence-electron chi connectivity index (χ3n) is 5.26. The van der Waals surface area contributed by atoms with Crippen molar-refractivity contribution in [3.05, 3.63) is 0 Å². The molecule has 3 fully saturated rings. The Morgan fingerprint density at radius 2 is 1.91 bits per heavy atom. The summed E-state index contributed by atoms with van der Waals surface area (Å²) in [5.74, 6) is 0.767. The van der Waals surface area contributed by atoms with Crippen LogP contribution in [0.3, 0.4) is 0 Å². The van der Waals surface area contributed by atoms with E-state index in [0.717, 1.165) is 44.9 Å². The molecule has 2 amide bonds. The van der Waals surface area contributed by atoms with Crippen LogP contribution in [0.2, 0.25) is 0 Å². The van der Waals surface area contributed by atoms with Gasteiger partial charge in [-0.05, 0) is 12.8 Å². The fourth-order valence-corrected chi connectivity index (χ4v) is 4.74. The quantitative estimate of drug-likeness (QED) is 0.817. The van der Waals surface area contributed by atoms with Crippen LogP contribution in [-0.2, 0) is 9.53 Å². The summed E-state index contributed by atoms with van der Waals surface area (Å²) < 4.78 is 5.49. The first-order valence-corrected chi connectivity index (χ1v) is 9.69. The molecule has 7 heteroatoms. The van der Waals surface area contributed by atoms with Crippen LogP contribution < -0.4 is 5.32 Å². The smallest absolute Gasteiger partial charge is 0.282 e. The van der Waals surface area contributed by atoms with Gasteiger partial charge in [0.25, 0.3) is 5.24 Å². The molecule has 3 aliphatic rings. The number of morpholine rings is 1. The molecule has 0 bridgehead atoms. The Balaban J connectivity index is 1.55. The molecule has 1 aliphatic carbocycles. The molecular formula is C16H27N3O3S. The molecule has 1 saturated carbocycles. The largest absolute Gasteiger partial charge is 0.379 e. The summed E-state index contributed by atoms with van der Waals surface area (Å²) in [6.45, 7) is 5.07. The first kappa shape index (κ1) is 17.0. The van der Waals surface area contributed by atoms with Gasteiger partial charge in [0.1, 0.15) is 6.54 Å². The minimum atomic E-state index is -0.0287. The van der Waals surface area contributed by atoms with E-state index in [1.807, 2.05) is 0 Å². The lowest BCUT2D eigenvalue weighted by Crippen LogP contribution is -2.60. The molecule has 6 nitrogen and oxygen atoms in total. The third-order valence-corrected chi connectivity index (χ3v) is 6.15. The number of carbonyl (C=O) groups excluding carboxylic acids is 2. The molecule has 2 aliphatic heterocycles. The molecule has 0 aromatic heterocycles. The Morgan fingerprint density at radius 1 is 1.17 bits per heavy atom. The molecular weight excluding hydrogens is 314 g/mol. The minimum absolute atomic E-state index is 0.0284. The topological polar surface area (TPSA) is 61.9 Å². The maximum atomic E-state index is 12.3. The molecule has 2 heterocycles. The van der Waals surface area contributed by atoms with Crippen molar-refractivity contribution in [2.24, 2.45) is 0 Å². The number of thioether (sulfide) groups is 1. The van der Waals surface area contributed by atoms with Gasteiger partial charge >= 0.3 is 0 Å². The standard InChI is InChI=1S/C16H27N3O3S/c20-14(12-18-8-11-23-15(18)21)17-13-16(4-2-1-3-5-16)19-6-9-22-10-7-19/h1-13H2,(H,17,20). The Morgan fingerprint density at radius 3 is 2.57 bits per heavy atom. The number of ether oxygens (including phenoxy) is 1. The van der Waals surface area contributed by atoms with Gasteiger partial charge in [-0.15, -0.1) is 0 Å². The molecule has 2 saturated heterocycles. The van der Waals surface area contributed by atoms with Crippen LogP contribution in [0.25, 0.3) is 0 Å². The van der Waals surface area contributed by atoms with Crippen molar-refractivity contribution in [1.82, 2.24) is 15.1 Å². The van der Waals surface area contributed by atoms with Gasteiger partial charge < -0.3 is 15.0 Å².